The van der Waals surface area contributed by atoms with Crippen LogP contribution in [0, 0.1) is 0 Å². The van der Waals surface area contributed by atoms with Gasteiger partial charge in [0.1, 0.15) is 0 Å². The van der Waals surface area contributed by atoms with Crippen molar-refractivity contribution < 1.29 is 23.1 Å². The van der Waals surface area contributed by atoms with Crippen LogP contribution >= 0.6 is 0 Å². The van der Waals surface area contributed by atoms with Crippen molar-refractivity contribution in [1.82, 2.24) is 10.2 Å². The molecule has 0 aliphatic carbocycles. The van der Waals surface area contributed by atoms with Crippen LogP contribution in [0.15, 0.2) is 0 Å². The fourth-order valence-corrected chi connectivity index (χ4v) is 3.70. The summed E-state index contributed by atoms with van der Waals surface area (Å²) in [5.41, 5.74) is 0. The summed E-state index contributed by atoms with van der Waals surface area (Å²) in [7, 11) is -2.89. The van der Waals surface area contributed by atoms with Crippen molar-refractivity contribution in [1.29, 1.82) is 0 Å². The van der Waals surface area contributed by atoms with E-state index in [9.17, 15) is 13.2 Å². The Labute approximate surface area is 113 Å². The number of hydrogen-bond acceptors (Lipinski definition) is 6. The van der Waals surface area contributed by atoms with Crippen molar-refractivity contribution >= 4 is 15.9 Å². The Bertz CT molecular complexity index is 385. The van der Waals surface area contributed by atoms with Gasteiger partial charge >= 0.3 is 6.09 Å². The molecule has 0 aromatic carbocycles. The quantitative estimate of drug-likeness (QED) is 0.639. The van der Waals surface area contributed by atoms with Gasteiger partial charge in [0.15, 0.2) is 9.84 Å². The van der Waals surface area contributed by atoms with E-state index in [1.807, 2.05) is 0 Å². The lowest BCUT2D eigenvalue weighted by molar-refractivity contribution is 0.0984. The van der Waals surface area contributed by atoms with Gasteiger partial charge in [-0.2, -0.15) is 0 Å². The van der Waals surface area contributed by atoms with Gasteiger partial charge in [0.05, 0.1) is 24.7 Å². The number of ether oxygens (including phenoxy) is 1. The van der Waals surface area contributed by atoms with Crippen LogP contribution in [0.3, 0.4) is 0 Å². The SMILES string of the molecule is CCOC(=O)N(CCO)CCN[C@@H]1CCS(=O)(=O)C1. The van der Waals surface area contributed by atoms with Gasteiger partial charge in [0.25, 0.3) is 0 Å². The van der Waals surface area contributed by atoms with E-state index in [1.54, 1.807) is 6.92 Å². The van der Waals surface area contributed by atoms with E-state index in [0.717, 1.165) is 0 Å². The Kier molecular flexibility index (Phi) is 6.53. The molecule has 1 amide bonds. The number of aliphatic hydroxyl groups excluding tert-OH is 1. The summed E-state index contributed by atoms with van der Waals surface area (Å²) >= 11 is 0. The number of amides is 1. The van der Waals surface area contributed by atoms with Crippen LogP contribution in [0.2, 0.25) is 0 Å². The van der Waals surface area contributed by atoms with Gasteiger partial charge in [-0.3, -0.25) is 0 Å². The minimum Gasteiger partial charge on any atom is -0.450 e. The van der Waals surface area contributed by atoms with Gasteiger partial charge < -0.3 is 20.1 Å². The zero-order valence-electron chi connectivity index (χ0n) is 11.2. The first kappa shape index (κ1) is 16.2. The standard InChI is InChI=1S/C11H22N2O5S/c1-2-18-11(15)13(6-7-14)5-4-12-10-3-8-19(16,17)9-10/h10,12,14H,2-9H2,1H3/t10-/m1/s1. The molecule has 19 heavy (non-hydrogen) atoms. The molecule has 1 atom stereocenters. The Morgan fingerprint density at radius 2 is 2.21 bits per heavy atom. The van der Waals surface area contributed by atoms with Gasteiger partial charge in [0, 0.05) is 25.7 Å². The molecule has 0 saturated carbocycles. The zero-order chi connectivity index (χ0) is 14.3. The van der Waals surface area contributed by atoms with E-state index in [-0.39, 0.29) is 37.3 Å². The second kappa shape index (κ2) is 7.66. The van der Waals surface area contributed by atoms with E-state index in [4.69, 9.17) is 9.84 Å². The zero-order valence-corrected chi connectivity index (χ0v) is 12.0. The number of nitrogens with zero attached hydrogens (tertiary/aromatic N) is 1. The lowest BCUT2D eigenvalue weighted by Crippen LogP contribution is -2.41. The highest BCUT2D eigenvalue weighted by Crippen LogP contribution is 2.10. The maximum Gasteiger partial charge on any atom is 0.409 e. The minimum atomic E-state index is -2.89. The molecule has 0 unspecified atom stereocenters. The van der Waals surface area contributed by atoms with E-state index >= 15 is 0 Å². The molecule has 1 rings (SSSR count). The van der Waals surface area contributed by atoms with Crippen molar-refractivity contribution in [2.24, 2.45) is 0 Å². The highest BCUT2D eigenvalue weighted by molar-refractivity contribution is 7.91. The number of nitrogens with one attached hydrogen (secondary N) is 1. The molecular weight excluding hydrogens is 272 g/mol. The lowest BCUT2D eigenvalue weighted by atomic mass is 10.2. The summed E-state index contributed by atoms with van der Waals surface area (Å²) in [6, 6.07) is -0.0387. The van der Waals surface area contributed by atoms with Crippen LogP contribution < -0.4 is 5.32 Å². The highest BCUT2D eigenvalue weighted by atomic mass is 32.2. The molecule has 2 N–H and O–H groups in total. The van der Waals surface area contributed by atoms with Crippen molar-refractivity contribution in [3.8, 4) is 0 Å². The molecule has 1 aliphatic heterocycles. The third kappa shape index (κ3) is 5.75. The molecule has 1 aliphatic rings. The monoisotopic (exact) mass is 294 g/mol. The second-order valence-corrected chi connectivity index (χ2v) is 6.69. The van der Waals surface area contributed by atoms with Gasteiger partial charge in [-0.15, -0.1) is 0 Å². The Balaban J connectivity index is 2.30. The first-order valence-electron chi connectivity index (χ1n) is 6.45. The number of hydrogen-bond donors (Lipinski definition) is 2. The smallest absolute Gasteiger partial charge is 0.409 e. The van der Waals surface area contributed by atoms with E-state index in [0.29, 0.717) is 19.5 Å². The fourth-order valence-electron chi connectivity index (χ4n) is 1.99. The molecule has 1 saturated heterocycles. The fraction of sp³-hybridized carbons (Fsp3) is 0.909. The van der Waals surface area contributed by atoms with Gasteiger partial charge in [-0.1, -0.05) is 0 Å². The predicted octanol–water partition coefficient (Wildman–Crippen LogP) is -0.786. The molecular formula is C11H22N2O5S. The summed E-state index contributed by atoms with van der Waals surface area (Å²) in [6.45, 7) is 2.96. The topological polar surface area (TPSA) is 95.9 Å². The first-order valence-corrected chi connectivity index (χ1v) is 8.27. The first-order chi connectivity index (χ1) is 8.98. The van der Waals surface area contributed by atoms with E-state index in [1.165, 1.54) is 4.90 Å². The molecule has 1 fully saturated rings. The van der Waals surface area contributed by atoms with Gasteiger partial charge in [-0.25, -0.2) is 13.2 Å². The van der Waals surface area contributed by atoms with E-state index in [2.05, 4.69) is 5.32 Å². The summed E-state index contributed by atoms with van der Waals surface area (Å²) in [5.74, 6) is 0.384. The van der Waals surface area contributed by atoms with Crippen LogP contribution in [0.1, 0.15) is 13.3 Å². The maximum atomic E-state index is 11.5. The molecule has 0 aromatic rings. The molecule has 0 bridgehead atoms. The van der Waals surface area contributed by atoms with Crippen LogP contribution in [-0.2, 0) is 14.6 Å². The van der Waals surface area contributed by atoms with Gasteiger partial charge in [-0.05, 0) is 13.3 Å². The van der Waals surface area contributed by atoms with Crippen molar-refractivity contribution in [3.05, 3.63) is 0 Å². The molecule has 1 heterocycles. The Hall–Kier alpha value is -0.860. The Morgan fingerprint density at radius 1 is 1.47 bits per heavy atom. The number of rotatable bonds is 7. The third-order valence-corrected chi connectivity index (χ3v) is 4.71. The largest absolute Gasteiger partial charge is 0.450 e. The average Bonchev–Trinajstić information content (AvgIpc) is 2.68. The Morgan fingerprint density at radius 3 is 2.74 bits per heavy atom. The number of carbonyl (C=O) groups is 1. The molecule has 0 aromatic heterocycles. The summed E-state index contributed by atoms with van der Waals surface area (Å²) in [4.78, 5) is 12.9. The van der Waals surface area contributed by atoms with Crippen LogP contribution in [0.5, 0.6) is 0 Å². The maximum absolute atomic E-state index is 11.5. The average molecular weight is 294 g/mol. The molecule has 112 valence electrons. The van der Waals surface area contributed by atoms with Crippen molar-refractivity contribution in [2.45, 2.75) is 19.4 Å². The molecule has 8 heteroatoms. The summed E-state index contributed by atoms with van der Waals surface area (Å²) in [5, 5.41) is 12.0. The molecule has 0 spiro atoms. The van der Waals surface area contributed by atoms with Crippen LogP contribution in [-0.4, -0.2) is 74.9 Å². The number of carbonyl (C=O) groups excluding carboxylic acids is 1. The third-order valence-electron chi connectivity index (χ3n) is 2.94. The van der Waals surface area contributed by atoms with Gasteiger partial charge in [0.2, 0.25) is 0 Å². The number of sulfone groups is 1. The summed E-state index contributed by atoms with van der Waals surface area (Å²) in [6.07, 6.45) is 0.152. The van der Waals surface area contributed by atoms with Crippen molar-refractivity contribution in [3.63, 3.8) is 0 Å². The van der Waals surface area contributed by atoms with Crippen molar-refractivity contribution in [2.75, 3.05) is 44.4 Å². The lowest BCUT2D eigenvalue weighted by Gasteiger charge is -2.22. The normalized spacial score (nSPS) is 21.3. The predicted molar refractivity (Wildman–Crippen MR) is 70.7 cm³/mol. The highest BCUT2D eigenvalue weighted by Gasteiger charge is 2.27. The van der Waals surface area contributed by atoms with E-state index < -0.39 is 15.9 Å². The molecule has 0 radical (unpaired) electrons. The van der Waals surface area contributed by atoms with Crippen LogP contribution in [0.25, 0.3) is 0 Å². The molecule has 7 nitrogen and oxygen atoms in total. The minimum absolute atomic E-state index is 0.0387. The summed E-state index contributed by atoms with van der Waals surface area (Å²) < 4.78 is 27.4. The number of aliphatic hydroxyl groups is 1. The second-order valence-electron chi connectivity index (χ2n) is 4.46. The van der Waals surface area contributed by atoms with Crippen LogP contribution in [0.4, 0.5) is 4.79 Å².